The van der Waals surface area contributed by atoms with Crippen molar-refractivity contribution >= 4 is 5.84 Å². The lowest BCUT2D eigenvalue weighted by Crippen LogP contribution is -2.17. The van der Waals surface area contributed by atoms with Crippen LogP contribution in [0.2, 0.25) is 0 Å². The van der Waals surface area contributed by atoms with Gasteiger partial charge in [0.25, 0.3) is 0 Å². The van der Waals surface area contributed by atoms with E-state index >= 15 is 0 Å². The predicted molar refractivity (Wildman–Crippen MR) is 62.0 cm³/mol. The van der Waals surface area contributed by atoms with Gasteiger partial charge in [-0.2, -0.15) is 0 Å². The van der Waals surface area contributed by atoms with Crippen LogP contribution in [0.1, 0.15) is 31.4 Å². The molecule has 0 aromatic heterocycles. The quantitative estimate of drug-likeness (QED) is 0.555. The number of hydrogen-bond acceptors (Lipinski definition) is 2. The fraction of sp³-hybridized carbons (Fsp3) is 0.417. The average Bonchev–Trinajstić information content (AvgIpc) is 2.25. The van der Waals surface area contributed by atoms with Crippen LogP contribution in [0.25, 0.3) is 0 Å². The summed E-state index contributed by atoms with van der Waals surface area (Å²) >= 11 is 0. The molecule has 0 aliphatic carbocycles. The third-order valence-electron chi connectivity index (χ3n) is 2.10. The fourth-order valence-electron chi connectivity index (χ4n) is 1.40. The Morgan fingerprint density at radius 1 is 1.40 bits per heavy atom. The van der Waals surface area contributed by atoms with Crippen molar-refractivity contribution in [2.75, 3.05) is 6.61 Å². The summed E-state index contributed by atoms with van der Waals surface area (Å²) in [5.74, 6) is 0.167. The maximum Gasteiger partial charge on any atom is 0.0934 e. The standard InChI is InChI=1S/C12H18N2O/c1-2-8-15-11(9-12(13)14)10-6-4-3-5-7-10/h3-7,11H,2,8-9H2,1H3,(H3,13,14). The van der Waals surface area contributed by atoms with Crippen LogP contribution in [0.4, 0.5) is 0 Å². The molecule has 3 nitrogen and oxygen atoms in total. The first-order chi connectivity index (χ1) is 7.24. The van der Waals surface area contributed by atoms with E-state index < -0.39 is 0 Å². The van der Waals surface area contributed by atoms with E-state index in [1.807, 2.05) is 30.3 Å². The highest BCUT2D eigenvalue weighted by atomic mass is 16.5. The van der Waals surface area contributed by atoms with Gasteiger partial charge in [-0.3, -0.25) is 5.41 Å². The minimum Gasteiger partial charge on any atom is -0.388 e. The molecule has 0 spiro atoms. The van der Waals surface area contributed by atoms with E-state index in [2.05, 4.69) is 6.92 Å². The van der Waals surface area contributed by atoms with E-state index in [0.717, 1.165) is 12.0 Å². The molecule has 0 heterocycles. The third kappa shape index (κ3) is 4.13. The number of nitrogens with two attached hydrogens (primary N) is 1. The van der Waals surface area contributed by atoms with Crippen LogP contribution in [0, 0.1) is 5.41 Å². The van der Waals surface area contributed by atoms with E-state index in [-0.39, 0.29) is 11.9 Å². The molecule has 0 radical (unpaired) electrons. The Labute approximate surface area is 90.8 Å². The van der Waals surface area contributed by atoms with Gasteiger partial charge in [0.05, 0.1) is 11.9 Å². The molecule has 15 heavy (non-hydrogen) atoms. The highest BCUT2D eigenvalue weighted by Crippen LogP contribution is 2.20. The predicted octanol–water partition coefficient (Wildman–Crippen LogP) is 2.48. The summed E-state index contributed by atoms with van der Waals surface area (Å²) in [6.45, 7) is 2.77. The summed E-state index contributed by atoms with van der Waals surface area (Å²) in [5, 5.41) is 7.31. The maximum absolute atomic E-state index is 7.31. The van der Waals surface area contributed by atoms with E-state index in [0.29, 0.717) is 13.0 Å². The van der Waals surface area contributed by atoms with Crippen LogP contribution in [-0.2, 0) is 4.74 Å². The molecule has 1 aromatic carbocycles. The normalized spacial score (nSPS) is 12.3. The van der Waals surface area contributed by atoms with Gasteiger partial charge in [-0.1, -0.05) is 37.3 Å². The van der Waals surface area contributed by atoms with Crippen molar-refractivity contribution in [2.24, 2.45) is 5.73 Å². The first-order valence-electron chi connectivity index (χ1n) is 5.23. The summed E-state index contributed by atoms with van der Waals surface area (Å²) in [4.78, 5) is 0. The zero-order chi connectivity index (χ0) is 11.1. The lowest BCUT2D eigenvalue weighted by molar-refractivity contribution is 0.0578. The van der Waals surface area contributed by atoms with E-state index in [4.69, 9.17) is 15.9 Å². The Kier molecular flexibility index (Phi) is 4.84. The Balaban J connectivity index is 2.67. The molecular weight excluding hydrogens is 188 g/mol. The molecular formula is C12H18N2O. The molecule has 0 saturated carbocycles. The molecule has 0 saturated heterocycles. The second kappa shape index (κ2) is 6.19. The summed E-state index contributed by atoms with van der Waals surface area (Å²) < 4.78 is 5.67. The van der Waals surface area contributed by atoms with Gasteiger partial charge in [0.2, 0.25) is 0 Å². The van der Waals surface area contributed by atoms with Crippen molar-refractivity contribution in [1.29, 1.82) is 5.41 Å². The summed E-state index contributed by atoms with van der Waals surface area (Å²) in [7, 11) is 0. The first kappa shape index (κ1) is 11.7. The zero-order valence-corrected chi connectivity index (χ0v) is 9.07. The van der Waals surface area contributed by atoms with Crippen molar-refractivity contribution in [2.45, 2.75) is 25.9 Å². The Morgan fingerprint density at radius 3 is 2.60 bits per heavy atom. The Bertz CT molecular complexity index is 298. The maximum atomic E-state index is 7.31. The second-order valence-electron chi connectivity index (χ2n) is 3.50. The molecule has 1 atom stereocenters. The number of nitrogens with one attached hydrogen (secondary N) is 1. The first-order valence-corrected chi connectivity index (χ1v) is 5.23. The molecule has 0 aliphatic rings. The Morgan fingerprint density at radius 2 is 2.07 bits per heavy atom. The van der Waals surface area contributed by atoms with E-state index in [9.17, 15) is 0 Å². The van der Waals surface area contributed by atoms with Gasteiger partial charge >= 0.3 is 0 Å². The summed E-state index contributed by atoms with van der Waals surface area (Å²) in [6.07, 6.45) is 1.36. The van der Waals surface area contributed by atoms with Crippen LogP contribution in [0.5, 0.6) is 0 Å². The van der Waals surface area contributed by atoms with Crippen LogP contribution < -0.4 is 5.73 Å². The van der Waals surface area contributed by atoms with Gasteiger partial charge in [-0.25, -0.2) is 0 Å². The van der Waals surface area contributed by atoms with Crippen molar-refractivity contribution < 1.29 is 4.74 Å². The zero-order valence-electron chi connectivity index (χ0n) is 9.07. The molecule has 1 aromatic rings. The number of ether oxygens (including phenoxy) is 1. The summed E-state index contributed by atoms with van der Waals surface area (Å²) in [6, 6.07) is 9.91. The van der Waals surface area contributed by atoms with E-state index in [1.54, 1.807) is 0 Å². The van der Waals surface area contributed by atoms with Crippen molar-refractivity contribution in [3.05, 3.63) is 35.9 Å². The molecule has 3 heteroatoms. The molecule has 1 unspecified atom stereocenters. The highest BCUT2D eigenvalue weighted by Gasteiger charge is 2.12. The smallest absolute Gasteiger partial charge is 0.0934 e. The van der Waals surface area contributed by atoms with Gasteiger partial charge in [0.1, 0.15) is 0 Å². The van der Waals surface area contributed by atoms with E-state index in [1.165, 1.54) is 0 Å². The van der Waals surface area contributed by atoms with Gasteiger partial charge in [0.15, 0.2) is 0 Å². The van der Waals surface area contributed by atoms with Crippen molar-refractivity contribution in [3.63, 3.8) is 0 Å². The monoisotopic (exact) mass is 206 g/mol. The van der Waals surface area contributed by atoms with Crippen LogP contribution in [0.3, 0.4) is 0 Å². The third-order valence-corrected chi connectivity index (χ3v) is 2.10. The molecule has 0 amide bonds. The minimum atomic E-state index is -0.0800. The minimum absolute atomic E-state index is 0.0800. The number of amidine groups is 1. The molecule has 1 rings (SSSR count). The number of benzene rings is 1. The van der Waals surface area contributed by atoms with Gasteiger partial charge in [0, 0.05) is 13.0 Å². The largest absolute Gasteiger partial charge is 0.388 e. The number of hydrogen-bond donors (Lipinski definition) is 2. The lowest BCUT2D eigenvalue weighted by Gasteiger charge is -2.17. The lowest BCUT2D eigenvalue weighted by atomic mass is 10.1. The van der Waals surface area contributed by atoms with Crippen LogP contribution >= 0.6 is 0 Å². The molecule has 0 aliphatic heterocycles. The van der Waals surface area contributed by atoms with Crippen LogP contribution in [-0.4, -0.2) is 12.4 Å². The highest BCUT2D eigenvalue weighted by molar-refractivity contribution is 5.77. The molecule has 82 valence electrons. The molecule has 0 fully saturated rings. The summed E-state index contributed by atoms with van der Waals surface area (Å²) in [5.41, 5.74) is 6.49. The van der Waals surface area contributed by atoms with Gasteiger partial charge in [-0.15, -0.1) is 0 Å². The van der Waals surface area contributed by atoms with Gasteiger partial charge < -0.3 is 10.5 Å². The van der Waals surface area contributed by atoms with Crippen LogP contribution in [0.15, 0.2) is 30.3 Å². The molecule has 0 bridgehead atoms. The van der Waals surface area contributed by atoms with Crippen molar-refractivity contribution in [3.8, 4) is 0 Å². The molecule has 3 N–H and O–H groups in total. The number of rotatable bonds is 6. The van der Waals surface area contributed by atoms with Crippen molar-refractivity contribution in [1.82, 2.24) is 0 Å². The second-order valence-corrected chi connectivity index (χ2v) is 3.50. The SMILES string of the molecule is CCCOC(CC(=N)N)c1ccccc1. The Hall–Kier alpha value is -1.35. The topological polar surface area (TPSA) is 59.1 Å². The average molecular weight is 206 g/mol. The van der Waals surface area contributed by atoms with Gasteiger partial charge in [-0.05, 0) is 12.0 Å². The fourth-order valence-corrected chi connectivity index (χ4v) is 1.40.